The Morgan fingerprint density at radius 2 is 2.14 bits per heavy atom. The fraction of sp³-hybridized carbons (Fsp3) is 0.160. The van der Waals surface area contributed by atoms with Crippen LogP contribution in [0.15, 0.2) is 77.8 Å². The van der Waals surface area contributed by atoms with E-state index in [4.69, 9.17) is 20.8 Å². The predicted octanol–water partition coefficient (Wildman–Crippen LogP) is 5.54. The number of furan rings is 1. The Morgan fingerprint density at radius 3 is 2.86 bits per heavy atom. The normalized spacial score (nSPS) is 15.8. The summed E-state index contributed by atoms with van der Waals surface area (Å²) in [5, 5.41) is 2.50. The van der Waals surface area contributed by atoms with Crippen molar-refractivity contribution >= 4 is 62.2 Å². The van der Waals surface area contributed by atoms with E-state index in [9.17, 15) is 9.59 Å². The summed E-state index contributed by atoms with van der Waals surface area (Å²) in [5.41, 5.74) is 1.50. The standard InChI is InChI=1S/C25H18BrClN2O4S2/c1-3-32-24(31)21-13(2)28-25-29(22(21)19-5-4-10-34-19)23(30)20(35-25)12-15-7-9-18(33-15)14-6-8-16(26)17(27)11-14/h4-12,22H,3H2,1-2H3/b20-12-/t22-/m1/s1. The Balaban J connectivity index is 1.61. The molecule has 1 aliphatic rings. The van der Waals surface area contributed by atoms with Crippen LogP contribution in [-0.4, -0.2) is 17.1 Å². The lowest BCUT2D eigenvalue weighted by Gasteiger charge is -2.23. The van der Waals surface area contributed by atoms with Crippen LogP contribution in [0.2, 0.25) is 5.02 Å². The van der Waals surface area contributed by atoms with Crippen LogP contribution in [0, 0.1) is 0 Å². The van der Waals surface area contributed by atoms with Gasteiger partial charge in [-0.05, 0) is 65.5 Å². The summed E-state index contributed by atoms with van der Waals surface area (Å²) in [7, 11) is 0. The zero-order chi connectivity index (χ0) is 24.7. The second-order valence-corrected chi connectivity index (χ2v) is 10.9. The molecule has 0 N–H and O–H groups in total. The van der Waals surface area contributed by atoms with Crippen LogP contribution < -0.4 is 14.9 Å². The zero-order valence-electron chi connectivity index (χ0n) is 18.6. The van der Waals surface area contributed by atoms with Crippen molar-refractivity contribution in [3.05, 3.63) is 98.9 Å². The van der Waals surface area contributed by atoms with Crippen molar-refractivity contribution in [1.82, 2.24) is 4.57 Å². The van der Waals surface area contributed by atoms with Gasteiger partial charge in [-0.15, -0.1) is 11.3 Å². The van der Waals surface area contributed by atoms with Crippen molar-refractivity contribution < 1.29 is 13.9 Å². The van der Waals surface area contributed by atoms with Gasteiger partial charge in [-0.3, -0.25) is 9.36 Å². The summed E-state index contributed by atoms with van der Waals surface area (Å²) in [6, 6.07) is 12.4. The number of carbonyl (C=O) groups is 1. The Hall–Kier alpha value is -2.72. The molecule has 0 fully saturated rings. The number of halogens is 2. The lowest BCUT2D eigenvalue weighted by atomic mass is 10.0. The minimum Gasteiger partial charge on any atom is -0.463 e. The van der Waals surface area contributed by atoms with E-state index in [1.807, 2.05) is 41.8 Å². The number of ether oxygens (including phenoxy) is 1. The van der Waals surface area contributed by atoms with E-state index in [2.05, 4.69) is 20.9 Å². The smallest absolute Gasteiger partial charge is 0.338 e. The molecular formula is C25H18BrClN2O4S2. The molecule has 178 valence electrons. The minimum absolute atomic E-state index is 0.238. The number of hydrogen-bond donors (Lipinski definition) is 0. The van der Waals surface area contributed by atoms with Crippen molar-refractivity contribution in [3.8, 4) is 11.3 Å². The number of benzene rings is 1. The quantitative estimate of drug-likeness (QED) is 0.287. The molecule has 4 heterocycles. The molecule has 6 nitrogen and oxygen atoms in total. The van der Waals surface area contributed by atoms with E-state index in [0.717, 1.165) is 14.9 Å². The van der Waals surface area contributed by atoms with E-state index in [1.54, 1.807) is 30.6 Å². The van der Waals surface area contributed by atoms with E-state index >= 15 is 0 Å². The maximum atomic E-state index is 13.6. The molecule has 0 saturated heterocycles. The summed E-state index contributed by atoms with van der Waals surface area (Å²) < 4.78 is 14.1. The third kappa shape index (κ3) is 4.49. The lowest BCUT2D eigenvalue weighted by Crippen LogP contribution is -2.39. The Morgan fingerprint density at radius 1 is 1.31 bits per heavy atom. The van der Waals surface area contributed by atoms with Gasteiger partial charge in [0.1, 0.15) is 17.6 Å². The van der Waals surface area contributed by atoms with Crippen molar-refractivity contribution in [2.24, 2.45) is 4.99 Å². The van der Waals surface area contributed by atoms with Crippen molar-refractivity contribution in [2.75, 3.05) is 6.61 Å². The molecular weight excluding hydrogens is 572 g/mol. The van der Waals surface area contributed by atoms with Gasteiger partial charge < -0.3 is 9.15 Å². The Bertz CT molecular complexity index is 1650. The number of allylic oxidation sites excluding steroid dienone is 1. The molecule has 1 aromatic carbocycles. The molecule has 0 amide bonds. The molecule has 0 unspecified atom stereocenters. The first-order chi connectivity index (χ1) is 16.9. The van der Waals surface area contributed by atoms with E-state index in [1.165, 1.54) is 22.7 Å². The number of aromatic nitrogens is 1. The summed E-state index contributed by atoms with van der Waals surface area (Å²) in [5.74, 6) is 0.693. The average Bonchev–Trinajstić information content (AvgIpc) is 3.57. The highest BCUT2D eigenvalue weighted by atomic mass is 79.9. The highest BCUT2D eigenvalue weighted by Gasteiger charge is 2.33. The maximum Gasteiger partial charge on any atom is 0.338 e. The molecule has 10 heteroatoms. The molecule has 0 aliphatic carbocycles. The van der Waals surface area contributed by atoms with Crippen LogP contribution in [0.4, 0.5) is 0 Å². The van der Waals surface area contributed by atoms with Gasteiger partial charge in [-0.2, -0.15) is 0 Å². The molecule has 0 spiro atoms. The summed E-state index contributed by atoms with van der Waals surface area (Å²) in [6.45, 7) is 3.76. The Labute approximate surface area is 221 Å². The van der Waals surface area contributed by atoms with Crippen molar-refractivity contribution in [2.45, 2.75) is 19.9 Å². The third-order valence-corrected chi connectivity index (χ3v) is 8.57. The molecule has 0 saturated carbocycles. The first-order valence-corrected chi connectivity index (χ1v) is 13.5. The monoisotopic (exact) mass is 588 g/mol. The number of hydrogen-bond acceptors (Lipinski definition) is 7. The van der Waals surface area contributed by atoms with Crippen molar-refractivity contribution in [3.63, 3.8) is 0 Å². The molecule has 1 aliphatic heterocycles. The number of thiazole rings is 1. The summed E-state index contributed by atoms with van der Waals surface area (Å²) in [6.07, 6.45) is 1.70. The summed E-state index contributed by atoms with van der Waals surface area (Å²) >= 11 is 12.3. The second-order valence-electron chi connectivity index (χ2n) is 7.65. The van der Waals surface area contributed by atoms with E-state index in [-0.39, 0.29) is 12.2 Å². The van der Waals surface area contributed by atoms with E-state index < -0.39 is 12.0 Å². The SMILES string of the molecule is CCOC(=O)C1=C(C)N=c2s/c(=C\c3ccc(-c4ccc(Br)c(Cl)c4)o3)c(=O)n2[C@@H]1c1cccs1. The van der Waals surface area contributed by atoms with Gasteiger partial charge in [-0.25, -0.2) is 9.79 Å². The first-order valence-electron chi connectivity index (χ1n) is 10.7. The number of carbonyl (C=O) groups excluding carboxylic acids is 1. The van der Waals surface area contributed by atoms with Crippen LogP contribution in [0.1, 0.15) is 30.5 Å². The van der Waals surface area contributed by atoms with Crippen LogP contribution in [-0.2, 0) is 9.53 Å². The number of rotatable bonds is 5. The largest absolute Gasteiger partial charge is 0.463 e. The van der Waals surface area contributed by atoms with Crippen LogP contribution >= 0.6 is 50.2 Å². The molecule has 4 aromatic rings. The molecule has 3 aromatic heterocycles. The number of nitrogens with zero attached hydrogens (tertiary/aromatic N) is 2. The van der Waals surface area contributed by atoms with Gasteiger partial charge in [-0.1, -0.05) is 35.1 Å². The summed E-state index contributed by atoms with van der Waals surface area (Å²) in [4.78, 5) is 32.4. The first kappa shape index (κ1) is 24.0. The zero-order valence-corrected chi connectivity index (χ0v) is 22.6. The number of esters is 1. The topological polar surface area (TPSA) is 73.8 Å². The lowest BCUT2D eigenvalue weighted by molar-refractivity contribution is -0.139. The van der Waals surface area contributed by atoms with Gasteiger partial charge in [0.15, 0.2) is 4.80 Å². The highest BCUT2D eigenvalue weighted by Crippen LogP contribution is 2.33. The fourth-order valence-electron chi connectivity index (χ4n) is 3.87. The van der Waals surface area contributed by atoms with Gasteiger partial charge in [0.2, 0.25) is 0 Å². The Kier molecular flexibility index (Phi) is 6.67. The predicted molar refractivity (Wildman–Crippen MR) is 142 cm³/mol. The molecule has 0 radical (unpaired) electrons. The van der Waals surface area contributed by atoms with Crippen LogP contribution in [0.3, 0.4) is 0 Å². The maximum absolute atomic E-state index is 13.6. The highest BCUT2D eigenvalue weighted by molar-refractivity contribution is 9.10. The van der Waals surface area contributed by atoms with Crippen LogP contribution in [0.5, 0.6) is 0 Å². The number of fused-ring (bicyclic) bond motifs is 1. The second kappa shape index (κ2) is 9.73. The van der Waals surface area contributed by atoms with E-state index in [0.29, 0.717) is 37.1 Å². The van der Waals surface area contributed by atoms with Gasteiger partial charge >= 0.3 is 5.97 Å². The van der Waals surface area contributed by atoms with Gasteiger partial charge in [0.05, 0.1) is 27.4 Å². The molecule has 0 bridgehead atoms. The molecule has 1 atom stereocenters. The van der Waals surface area contributed by atoms with Crippen LogP contribution in [0.25, 0.3) is 17.4 Å². The minimum atomic E-state index is -0.593. The van der Waals surface area contributed by atoms with Gasteiger partial charge in [0.25, 0.3) is 5.56 Å². The van der Waals surface area contributed by atoms with Gasteiger partial charge in [0, 0.05) is 21.0 Å². The molecule has 35 heavy (non-hydrogen) atoms. The fourth-order valence-corrected chi connectivity index (χ4v) is 6.15. The average molecular weight is 590 g/mol. The van der Waals surface area contributed by atoms with Crippen molar-refractivity contribution in [1.29, 1.82) is 0 Å². The number of thiophene rings is 1. The third-order valence-electron chi connectivity index (χ3n) is 5.43. The molecule has 5 rings (SSSR count).